The van der Waals surface area contributed by atoms with Crippen LogP contribution in [0, 0.1) is 0 Å². The van der Waals surface area contributed by atoms with Gasteiger partial charge in [0, 0.05) is 25.7 Å². The van der Waals surface area contributed by atoms with E-state index >= 15 is 0 Å². The zero-order valence-corrected chi connectivity index (χ0v) is 13.4. The van der Waals surface area contributed by atoms with Crippen molar-refractivity contribution >= 4 is 10.0 Å². The van der Waals surface area contributed by atoms with Crippen molar-refractivity contribution in [2.24, 2.45) is 0 Å². The lowest BCUT2D eigenvalue weighted by atomic mass is 10.2. The first-order valence-electron chi connectivity index (χ1n) is 7.52. The van der Waals surface area contributed by atoms with Crippen molar-refractivity contribution in [3.05, 3.63) is 42.5 Å². The van der Waals surface area contributed by atoms with Crippen LogP contribution in [0.15, 0.2) is 41.8 Å². The van der Waals surface area contributed by atoms with Crippen molar-refractivity contribution < 1.29 is 8.42 Å². The van der Waals surface area contributed by atoms with Gasteiger partial charge < -0.3 is 5.32 Å². The first-order chi connectivity index (χ1) is 10.1. The molecule has 0 unspecified atom stereocenters. The van der Waals surface area contributed by atoms with Crippen molar-refractivity contribution in [2.45, 2.75) is 43.7 Å². The summed E-state index contributed by atoms with van der Waals surface area (Å²) in [5, 5.41) is 3.39. The van der Waals surface area contributed by atoms with E-state index in [0.29, 0.717) is 30.6 Å². The van der Waals surface area contributed by atoms with Crippen LogP contribution >= 0.6 is 0 Å². The second kappa shape index (κ2) is 7.20. The fourth-order valence-electron chi connectivity index (χ4n) is 2.29. The smallest absolute Gasteiger partial charge is 0.243 e. The molecule has 4 nitrogen and oxygen atoms in total. The van der Waals surface area contributed by atoms with Crippen LogP contribution in [0.2, 0.25) is 0 Å². The van der Waals surface area contributed by atoms with Gasteiger partial charge in [-0.05, 0) is 30.9 Å². The average Bonchev–Trinajstić information content (AvgIpc) is 3.29. The van der Waals surface area contributed by atoms with E-state index in [1.165, 1.54) is 17.1 Å². The molecule has 0 bridgehead atoms. The maximum Gasteiger partial charge on any atom is 0.243 e. The molecule has 1 N–H and O–H groups in total. The Morgan fingerprint density at radius 1 is 1.38 bits per heavy atom. The van der Waals surface area contributed by atoms with E-state index in [-0.39, 0.29) is 0 Å². The van der Waals surface area contributed by atoms with Gasteiger partial charge in [0.25, 0.3) is 0 Å². The van der Waals surface area contributed by atoms with E-state index in [1.54, 1.807) is 18.2 Å². The Kier molecular flexibility index (Phi) is 5.56. The number of hydrogen-bond donors (Lipinski definition) is 1. The van der Waals surface area contributed by atoms with Crippen LogP contribution in [0.25, 0.3) is 0 Å². The van der Waals surface area contributed by atoms with Gasteiger partial charge in [0.15, 0.2) is 0 Å². The first-order valence-corrected chi connectivity index (χ1v) is 8.96. The molecule has 1 aromatic rings. The Morgan fingerprint density at radius 2 is 2.10 bits per heavy atom. The van der Waals surface area contributed by atoms with E-state index in [2.05, 4.69) is 11.9 Å². The number of sulfonamides is 1. The molecule has 0 radical (unpaired) electrons. The largest absolute Gasteiger partial charge is 0.310 e. The lowest BCUT2D eigenvalue weighted by molar-refractivity contribution is 0.440. The quantitative estimate of drug-likeness (QED) is 0.713. The number of rotatable bonds is 9. The van der Waals surface area contributed by atoms with E-state index in [0.717, 1.165) is 12.0 Å². The van der Waals surface area contributed by atoms with Gasteiger partial charge in [-0.2, -0.15) is 4.31 Å². The Morgan fingerprint density at radius 3 is 2.71 bits per heavy atom. The van der Waals surface area contributed by atoms with Crippen LogP contribution in [-0.2, 0) is 16.6 Å². The molecule has 116 valence electrons. The third kappa shape index (κ3) is 4.15. The van der Waals surface area contributed by atoms with Gasteiger partial charge in [-0.15, -0.1) is 6.58 Å². The summed E-state index contributed by atoms with van der Waals surface area (Å²) in [6.45, 7) is 7.11. The van der Waals surface area contributed by atoms with Crippen molar-refractivity contribution in [1.82, 2.24) is 9.62 Å². The molecular weight excluding hydrogens is 284 g/mol. The minimum absolute atomic E-state index is 0.348. The van der Waals surface area contributed by atoms with Gasteiger partial charge in [0.1, 0.15) is 0 Å². The summed E-state index contributed by atoms with van der Waals surface area (Å²) in [6, 6.07) is 7.82. The molecule has 2 rings (SSSR count). The highest BCUT2D eigenvalue weighted by Gasteiger charge is 2.26. The second-order valence-corrected chi connectivity index (χ2v) is 7.32. The third-order valence-electron chi connectivity index (χ3n) is 3.55. The molecule has 5 heteroatoms. The lowest BCUT2D eigenvalue weighted by Gasteiger charge is -2.22. The lowest BCUT2D eigenvalue weighted by Crippen LogP contribution is -2.33. The molecule has 0 saturated heterocycles. The first kappa shape index (κ1) is 16.2. The Balaban J connectivity index is 2.26. The van der Waals surface area contributed by atoms with Crippen LogP contribution in [0.5, 0.6) is 0 Å². The maximum absolute atomic E-state index is 12.8. The predicted octanol–water partition coefficient (Wildman–Crippen LogP) is 2.53. The molecule has 0 heterocycles. The van der Waals surface area contributed by atoms with Crippen LogP contribution in [0.4, 0.5) is 0 Å². The van der Waals surface area contributed by atoms with Crippen LogP contribution in [0.1, 0.15) is 31.7 Å². The van der Waals surface area contributed by atoms with Gasteiger partial charge in [-0.25, -0.2) is 8.42 Å². The maximum atomic E-state index is 12.8. The number of nitrogens with one attached hydrogen (secondary N) is 1. The van der Waals surface area contributed by atoms with Gasteiger partial charge >= 0.3 is 0 Å². The van der Waals surface area contributed by atoms with Crippen molar-refractivity contribution in [2.75, 3.05) is 13.1 Å². The molecule has 21 heavy (non-hydrogen) atoms. The molecule has 0 spiro atoms. The summed E-state index contributed by atoms with van der Waals surface area (Å²) < 4.78 is 27.2. The highest BCUT2D eigenvalue weighted by Crippen LogP contribution is 2.23. The van der Waals surface area contributed by atoms with Gasteiger partial charge in [-0.3, -0.25) is 0 Å². The molecule has 1 fully saturated rings. The standard InChI is InChI=1S/C16H24N2O2S/c1-3-11-18(12-4-2)21(19,20)16-8-6-5-7-14(16)13-17-15-9-10-15/h3,5-8,15,17H,1,4,9-13H2,2H3. The van der Waals surface area contributed by atoms with E-state index in [9.17, 15) is 8.42 Å². The average molecular weight is 308 g/mol. The van der Waals surface area contributed by atoms with Crippen molar-refractivity contribution in [3.63, 3.8) is 0 Å². The van der Waals surface area contributed by atoms with Gasteiger partial charge in [0.05, 0.1) is 4.90 Å². The topological polar surface area (TPSA) is 49.4 Å². The monoisotopic (exact) mass is 308 g/mol. The Bertz CT molecular complexity index is 580. The Labute approximate surface area is 127 Å². The molecular formula is C16H24N2O2S. The molecule has 1 aliphatic carbocycles. The highest BCUT2D eigenvalue weighted by molar-refractivity contribution is 7.89. The molecule has 0 atom stereocenters. The zero-order valence-electron chi connectivity index (χ0n) is 12.6. The summed E-state index contributed by atoms with van der Waals surface area (Å²) in [5.74, 6) is 0. The summed E-state index contributed by atoms with van der Waals surface area (Å²) in [5.41, 5.74) is 0.842. The van der Waals surface area contributed by atoms with E-state index in [4.69, 9.17) is 0 Å². The van der Waals surface area contributed by atoms with E-state index < -0.39 is 10.0 Å². The molecule has 0 aromatic heterocycles. The molecule has 0 amide bonds. The highest BCUT2D eigenvalue weighted by atomic mass is 32.2. The van der Waals surface area contributed by atoms with Gasteiger partial charge in [0.2, 0.25) is 10.0 Å². The molecule has 1 saturated carbocycles. The number of hydrogen-bond acceptors (Lipinski definition) is 3. The van der Waals surface area contributed by atoms with Gasteiger partial charge in [-0.1, -0.05) is 31.2 Å². The van der Waals surface area contributed by atoms with Crippen molar-refractivity contribution in [3.8, 4) is 0 Å². The minimum atomic E-state index is -3.46. The fraction of sp³-hybridized carbons (Fsp3) is 0.500. The van der Waals surface area contributed by atoms with Crippen molar-refractivity contribution in [1.29, 1.82) is 0 Å². The van der Waals surface area contributed by atoms with Crippen LogP contribution in [-0.4, -0.2) is 31.9 Å². The normalized spacial score (nSPS) is 15.3. The molecule has 0 aliphatic heterocycles. The zero-order chi connectivity index (χ0) is 15.3. The van der Waals surface area contributed by atoms with E-state index in [1.807, 2.05) is 19.1 Å². The fourth-order valence-corrected chi connectivity index (χ4v) is 4.01. The predicted molar refractivity (Wildman–Crippen MR) is 85.6 cm³/mol. The van der Waals surface area contributed by atoms with Crippen LogP contribution < -0.4 is 5.32 Å². The second-order valence-electron chi connectivity index (χ2n) is 5.41. The minimum Gasteiger partial charge on any atom is -0.310 e. The summed E-state index contributed by atoms with van der Waals surface area (Å²) >= 11 is 0. The summed E-state index contributed by atoms with van der Waals surface area (Å²) in [7, 11) is -3.46. The SMILES string of the molecule is C=CCN(CCC)S(=O)(=O)c1ccccc1CNC1CC1. The summed E-state index contributed by atoms with van der Waals surface area (Å²) in [6.07, 6.45) is 4.80. The molecule has 1 aliphatic rings. The third-order valence-corrected chi connectivity index (χ3v) is 5.52. The number of nitrogens with zero attached hydrogens (tertiary/aromatic N) is 1. The summed E-state index contributed by atoms with van der Waals surface area (Å²) in [4.78, 5) is 0.411. The Hall–Kier alpha value is -1.17. The van der Waals surface area contributed by atoms with Crippen LogP contribution in [0.3, 0.4) is 0 Å². The molecule has 1 aromatic carbocycles. The number of benzene rings is 1.